The predicted molar refractivity (Wildman–Crippen MR) is 114 cm³/mol. The normalized spacial score (nSPS) is 11.8. The number of carbonyl (C=O) groups is 1. The minimum atomic E-state index is -4.81. The molecule has 0 saturated carbocycles. The molecule has 0 saturated heterocycles. The highest BCUT2D eigenvalue weighted by atomic mass is 32.1. The Morgan fingerprint density at radius 2 is 1.94 bits per heavy atom. The number of aryl methyl sites for hydroxylation is 1. The molecule has 0 unspecified atom stereocenters. The fourth-order valence-corrected chi connectivity index (χ4v) is 4.11. The third kappa shape index (κ3) is 4.06. The summed E-state index contributed by atoms with van der Waals surface area (Å²) in [5.74, 6) is -1.93. The molecule has 1 amide bonds. The van der Waals surface area contributed by atoms with Crippen molar-refractivity contribution in [2.45, 2.75) is 12.6 Å². The summed E-state index contributed by atoms with van der Waals surface area (Å²) in [5, 5.41) is 4.37. The minimum absolute atomic E-state index is 0.123. The number of hydrogen-bond donors (Lipinski definition) is 2. The van der Waals surface area contributed by atoms with Gasteiger partial charge >= 0.3 is 11.9 Å². The Bertz CT molecular complexity index is 1510. The van der Waals surface area contributed by atoms with Gasteiger partial charge in [-0.1, -0.05) is 6.07 Å². The van der Waals surface area contributed by atoms with Gasteiger partial charge in [-0.2, -0.15) is 13.2 Å². The lowest BCUT2D eigenvalue weighted by Gasteiger charge is -2.08. The molecule has 0 radical (unpaired) electrons. The molecule has 0 atom stereocenters. The second-order valence-electron chi connectivity index (χ2n) is 7.20. The summed E-state index contributed by atoms with van der Waals surface area (Å²) in [5.41, 5.74) is -1.46. The molecule has 33 heavy (non-hydrogen) atoms. The number of nitrogens with zero attached hydrogens (tertiary/aromatic N) is 3. The number of alkyl halides is 3. The quantitative estimate of drug-likeness (QED) is 0.438. The third-order valence-electron chi connectivity index (χ3n) is 5.04. The van der Waals surface area contributed by atoms with Crippen molar-refractivity contribution in [2.75, 3.05) is 5.32 Å². The molecule has 4 aromatic rings. The number of anilines is 1. The number of fused-ring (bicyclic) bond motifs is 1. The zero-order valence-electron chi connectivity index (χ0n) is 17.1. The van der Waals surface area contributed by atoms with E-state index in [0.717, 1.165) is 28.0 Å². The number of aromatic nitrogens is 4. The third-order valence-corrected chi connectivity index (χ3v) is 5.80. The van der Waals surface area contributed by atoms with Crippen LogP contribution >= 0.6 is 11.3 Å². The van der Waals surface area contributed by atoms with E-state index in [2.05, 4.69) is 15.3 Å². The molecule has 1 aromatic carbocycles. The van der Waals surface area contributed by atoms with Crippen molar-refractivity contribution in [3.05, 3.63) is 67.6 Å². The molecule has 0 aliphatic rings. The van der Waals surface area contributed by atoms with E-state index in [4.69, 9.17) is 0 Å². The van der Waals surface area contributed by atoms with E-state index in [-0.39, 0.29) is 33.8 Å². The number of halogens is 4. The second-order valence-corrected chi connectivity index (χ2v) is 8.06. The van der Waals surface area contributed by atoms with Gasteiger partial charge in [0.15, 0.2) is 5.13 Å². The SMILES string of the molecule is Cn1c(=O)c2c(CC(=O)Nc3nc(-c4ccc(C(F)(F)F)c(F)c4)cs3)c[nH]c2n(C)c1=O. The van der Waals surface area contributed by atoms with E-state index in [0.29, 0.717) is 11.6 Å². The number of thiazole rings is 1. The molecular weight excluding hydrogens is 466 g/mol. The number of benzene rings is 1. The first-order valence-corrected chi connectivity index (χ1v) is 10.2. The molecule has 0 aliphatic carbocycles. The van der Waals surface area contributed by atoms with Gasteiger partial charge in [-0.3, -0.25) is 18.7 Å². The van der Waals surface area contributed by atoms with Crippen molar-refractivity contribution in [3.63, 3.8) is 0 Å². The predicted octanol–water partition coefficient (Wildman–Crippen LogP) is 3.03. The Kier molecular flexibility index (Phi) is 5.44. The van der Waals surface area contributed by atoms with E-state index in [1.807, 2.05) is 0 Å². The van der Waals surface area contributed by atoms with Crippen LogP contribution in [0.25, 0.3) is 22.3 Å². The molecule has 0 aliphatic heterocycles. The summed E-state index contributed by atoms with van der Waals surface area (Å²) in [6.07, 6.45) is -3.54. The molecule has 0 spiro atoms. The van der Waals surface area contributed by atoms with Gasteiger partial charge in [-0.05, 0) is 17.7 Å². The zero-order valence-corrected chi connectivity index (χ0v) is 17.9. The Morgan fingerprint density at radius 1 is 1.21 bits per heavy atom. The molecular formula is C20H15F4N5O3S. The van der Waals surface area contributed by atoms with Gasteiger partial charge in [0.2, 0.25) is 5.91 Å². The zero-order chi connectivity index (χ0) is 24.1. The van der Waals surface area contributed by atoms with Crippen LogP contribution in [-0.2, 0) is 31.5 Å². The molecule has 13 heteroatoms. The average Bonchev–Trinajstić information content (AvgIpc) is 3.37. The summed E-state index contributed by atoms with van der Waals surface area (Å²) in [4.78, 5) is 44.0. The summed E-state index contributed by atoms with van der Waals surface area (Å²) in [6, 6.07) is 2.46. The van der Waals surface area contributed by atoms with Crippen molar-refractivity contribution in [1.29, 1.82) is 0 Å². The number of aromatic amines is 1. The van der Waals surface area contributed by atoms with Crippen molar-refractivity contribution in [2.24, 2.45) is 14.1 Å². The van der Waals surface area contributed by atoms with Gasteiger partial charge in [0.25, 0.3) is 5.56 Å². The highest BCUT2D eigenvalue weighted by Crippen LogP contribution is 2.34. The lowest BCUT2D eigenvalue weighted by atomic mass is 10.1. The first kappa shape index (κ1) is 22.5. The van der Waals surface area contributed by atoms with E-state index < -0.39 is 34.7 Å². The molecule has 172 valence electrons. The van der Waals surface area contributed by atoms with Gasteiger partial charge in [-0.25, -0.2) is 14.2 Å². The Balaban J connectivity index is 1.54. The lowest BCUT2D eigenvalue weighted by molar-refractivity contribution is -0.140. The number of rotatable bonds is 4. The van der Waals surface area contributed by atoms with Crippen molar-refractivity contribution >= 4 is 33.4 Å². The summed E-state index contributed by atoms with van der Waals surface area (Å²) in [6.45, 7) is 0. The van der Waals surface area contributed by atoms with E-state index in [9.17, 15) is 31.9 Å². The molecule has 4 rings (SSSR count). The van der Waals surface area contributed by atoms with Gasteiger partial charge in [0.05, 0.1) is 23.1 Å². The Morgan fingerprint density at radius 3 is 2.61 bits per heavy atom. The molecule has 3 heterocycles. The summed E-state index contributed by atoms with van der Waals surface area (Å²) in [7, 11) is 2.83. The second kappa shape index (κ2) is 7.99. The number of nitrogens with one attached hydrogen (secondary N) is 2. The van der Waals surface area contributed by atoms with Crippen LogP contribution in [0, 0.1) is 5.82 Å². The van der Waals surface area contributed by atoms with Crippen LogP contribution in [0.1, 0.15) is 11.1 Å². The van der Waals surface area contributed by atoms with Crippen molar-refractivity contribution < 1.29 is 22.4 Å². The van der Waals surface area contributed by atoms with Crippen LogP contribution < -0.4 is 16.6 Å². The Hall–Kier alpha value is -3.74. The van der Waals surface area contributed by atoms with Gasteiger partial charge in [0.1, 0.15) is 11.5 Å². The summed E-state index contributed by atoms with van der Waals surface area (Å²) < 4.78 is 54.2. The fraction of sp³-hybridized carbons (Fsp3) is 0.200. The average molecular weight is 481 g/mol. The number of amides is 1. The highest BCUT2D eigenvalue weighted by Gasteiger charge is 2.34. The van der Waals surface area contributed by atoms with Crippen LogP contribution in [0.15, 0.2) is 39.4 Å². The largest absolute Gasteiger partial charge is 0.419 e. The van der Waals surface area contributed by atoms with Crippen molar-refractivity contribution in [1.82, 2.24) is 19.1 Å². The smallest absolute Gasteiger partial charge is 0.347 e. The Labute approximate surface area is 186 Å². The number of carbonyl (C=O) groups excluding carboxylic acids is 1. The minimum Gasteiger partial charge on any atom is -0.347 e. The van der Waals surface area contributed by atoms with Gasteiger partial charge < -0.3 is 10.3 Å². The fourth-order valence-electron chi connectivity index (χ4n) is 3.37. The van der Waals surface area contributed by atoms with E-state index in [1.165, 1.54) is 30.2 Å². The topological polar surface area (TPSA) is 102 Å². The molecule has 0 fully saturated rings. The first-order chi connectivity index (χ1) is 15.5. The molecule has 8 nitrogen and oxygen atoms in total. The van der Waals surface area contributed by atoms with Gasteiger partial charge in [0, 0.05) is 31.2 Å². The van der Waals surface area contributed by atoms with Crippen molar-refractivity contribution in [3.8, 4) is 11.3 Å². The lowest BCUT2D eigenvalue weighted by Crippen LogP contribution is -2.37. The van der Waals surface area contributed by atoms with Crippen LogP contribution in [-0.4, -0.2) is 25.0 Å². The molecule has 2 N–H and O–H groups in total. The monoisotopic (exact) mass is 481 g/mol. The first-order valence-electron chi connectivity index (χ1n) is 9.36. The van der Waals surface area contributed by atoms with E-state index >= 15 is 0 Å². The van der Waals surface area contributed by atoms with Crippen LogP contribution in [0.3, 0.4) is 0 Å². The molecule has 0 bridgehead atoms. The maximum Gasteiger partial charge on any atom is 0.419 e. The maximum absolute atomic E-state index is 13.8. The summed E-state index contributed by atoms with van der Waals surface area (Å²) >= 11 is 1.01. The van der Waals surface area contributed by atoms with E-state index in [1.54, 1.807) is 0 Å². The molecule has 3 aromatic heterocycles. The van der Waals surface area contributed by atoms with Gasteiger partial charge in [-0.15, -0.1) is 11.3 Å². The number of hydrogen-bond acceptors (Lipinski definition) is 5. The number of H-pyrrole nitrogens is 1. The highest BCUT2D eigenvalue weighted by molar-refractivity contribution is 7.14. The van der Waals surface area contributed by atoms with Crippen LogP contribution in [0.5, 0.6) is 0 Å². The maximum atomic E-state index is 13.8. The standard InChI is InChI=1S/C20H15F4N5O3S/c1-28-16-15(17(31)29(2)19(28)32)10(7-25-16)6-14(30)27-18-26-13(8-33-18)9-3-4-11(12(21)5-9)20(22,23)24/h3-5,7-8,25H,6H2,1-2H3,(H,26,27,30). The van der Waals surface area contributed by atoms with Crippen LogP contribution in [0.2, 0.25) is 0 Å². The van der Waals surface area contributed by atoms with Crippen LogP contribution in [0.4, 0.5) is 22.7 Å².